The summed E-state index contributed by atoms with van der Waals surface area (Å²) in [5, 5.41) is 0. The number of halogens is 3. The minimum atomic E-state index is -4.61. The lowest BCUT2D eigenvalue weighted by Crippen LogP contribution is -2.16. The van der Waals surface area contributed by atoms with Crippen LogP contribution in [0, 0.1) is 0 Å². The van der Waals surface area contributed by atoms with Crippen molar-refractivity contribution >= 4 is 15.7 Å². The van der Waals surface area contributed by atoms with E-state index in [0.717, 1.165) is 12.1 Å². The Bertz CT molecular complexity index is 849. The predicted molar refractivity (Wildman–Crippen MR) is 83.9 cm³/mol. The second kappa shape index (κ2) is 6.57. The molecule has 0 aromatic heterocycles. The van der Waals surface area contributed by atoms with Crippen molar-refractivity contribution in [3.63, 3.8) is 0 Å². The van der Waals surface area contributed by atoms with Gasteiger partial charge >= 0.3 is 6.18 Å². The zero-order valence-corrected chi connectivity index (χ0v) is 13.6. The molecule has 1 N–H and O–H groups in total. The molecule has 25 heavy (non-hydrogen) atoms. The van der Waals surface area contributed by atoms with Gasteiger partial charge in [-0.25, -0.2) is 8.42 Å². The minimum absolute atomic E-state index is 0.00278. The standard InChI is InChI=1S/C16H14F3NO4S/c17-16(18,19)11-6-7-15(24-10-12-9-23-12)14(8-11)20-25(21,22)13-4-2-1-3-5-13/h1-8,12,20H,9-10H2. The molecule has 9 heteroatoms. The molecule has 1 aliphatic heterocycles. The summed E-state index contributed by atoms with van der Waals surface area (Å²) in [6, 6.07) is 9.99. The first kappa shape index (κ1) is 17.6. The van der Waals surface area contributed by atoms with Gasteiger partial charge in [-0.05, 0) is 30.3 Å². The summed E-state index contributed by atoms with van der Waals surface area (Å²) in [7, 11) is -4.05. The Balaban J connectivity index is 1.93. The molecule has 5 nitrogen and oxygen atoms in total. The second-order valence-corrected chi connectivity index (χ2v) is 7.08. The number of alkyl halides is 3. The quantitative estimate of drug-likeness (QED) is 0.789. The highest BCUT2D eigenvalue weighted by molar-refractivity contribution is 7.92. The maximum atomic E-state index is 12.9. The molecule has 0 saturated carbocycles. The molecule has 0 spiro atoms. The monoisotopic (exact) mass is 373 g/mol. The fourth-order valence-electron chi connectivity index (χ4n) is 2.06. The number of hydrogen-bond donors (Lipinski definition) is 1. The van der Waals surface area contributed by atoms with E-state index in [4.69, 9.17) is 9.47 Å². The highest BCUT2D eigenvalue weighted by Crippen LogP contribution is 2.36. The second-order valence-electron chi connectivity index (χ2n) is 5.39. The van der Waals surface area contributed by atoms with E-state index in [1.165, 1.54) is 24.3 Å². The number of hydrogen-bond acceptors (Lipinski definition) is 4. The normalized spacial score (nSPS) is 17.2. The Morgan fingerprint density at radius 2 is 1.84 bits per heavy atom. The molecule has 1 unspecified atom stereocenters. The van der Waals surface area contributed by atoms with E-state index in [1.807, 2.05) is 0 Å². The van der Waals surface area contributed by atoms with Crippen molar-refractivity contribution in [3.05, 3.63) is 54.1 Å². The fourth-order valence-corrected chi connectivity index (χ4v) is 3.14. The molecule has 0 bridgehead atoms. The Hall–Kier alpha value is -2.26. The molecule has 1 heterocycles. The molecule has 2 aromatic rings. The van der Waals surface area contributed by atoms with Gasteiger partial charge < -0.3 is 9.47 Å². The van der Waals surface area contributed by atoms with Crippen molar-refractivity contribution in [2.45, 2.75) is 17.2 Å². The molecule has 1 fully saturated rings. The van der Waals surface area contributed by atoms with E-state index in [2.05, 4.69) is 4.72 Å². The van der Waals surface area contributed by atoms with Crippen LogP contribution < -0.4 is 9.46 Å². The first-order valence-electron chi connectivity index (χ1n) is 7.29. The zero-order chi connectivity index (χ0) is 18.1. The first-order chi connectivity index (χ1) is 11.8. The van der Waals surface area contributed by atoms with Gasteiger partial charge in [0.15, 0.2) is 0 Å². The largest absolute Gasteiger partial charge is 0.489 e. The summed E-state index contributed by atoms with van der Waals surface area (Å²) in [5.41, 5.74) is -1.26. The maximum absolute atomic E-state index is 12.9. The fraction of sp³-hybridized carbons (Fsp3) is 0.250. The molecule has 1 aliphatic rings. The Morgan fingerprint density at radius 3 is 2.44 bits per heavy atom. The molecule has 134 valence electrons. The van der Waals surface area contributed by atoms with Gasteiger partial charge in [-0.2, -0.15) is 13.2 Å². The Morgan fingerprint density at radius 1 is 1.16 bits per heavy atom. The van der Waals surface area contributed by atoms with E-state index in [1.54, 1.807) is 6.07 Å². The average Bonchev–Trinajstić information content (AvgIpc) is 3.37. The van der Waals surface area contributed by atoms with Crippen molar-refractivity contribution in [1.82, 2.24) is 0 Å². The average molecular weight is 373 g/mol. The third-order valence-electron chi connectivity index (χ3n) is 3.43. The van der Waals surface area contributed by atoms with Crippen LogP contribution in [0.2, 0.25) is 0 Å². The SMILES string of the molecule is O=S(=O)(Nc1cc(C(F)(F)F)ccc1OCC1CO1)c1ccccc1. The smallest absolute Gasteiger partial charge is 0.416 e. The van der Waals surface area contributed by atoms with Crippen LogP contribution in [0.5, 0.6) is 5.75 Å². The lowest BCUT2D eigenvalue weighted by atomic mass is 10.2. The topological polar surface area (TPSA) is 67.9 Å². The molecule has 0 aliphatic carbocycles. The molecule has 1 atom stereocenters. The van der Waals surface area contributed by atoms with Crippen LogP contribution in [0.25, 0.3) is 0 Å². The van der Waals surface area contributed by atoms with Crippen LogP contribution in [-0.2, 0) is 20.9 Å². The summed E-state index contributed by atoms with van der Waals surface area (Å²) in [6.07, 6.45) is -4.73. The minimum Gasteiger partial charge on any atom is -0.489 e. The summed E-state index contributed by atoms with van der Waals surface area (Å²) in [5.74, 6) is 0.00278. The van der Waals surface area contributed by atoms with Crippen molar-refractivity contribution < 1.29 is 31.1 Å². The summed E-state index contributed by atoms with van der Waals surface area (Å²) in [6.45, 7) is 0.636. The summed E-state index contributed by atoms with van der Waals surface area (Å²) < 4.78 is 76.1. The number of rotatable bonds is 6. The summed E-state index contributed by atoms with van der Waals surface area (Å²) in [4.78, 5) is -0.0658. The van der Waals surface area contributed by atoms with Crippen LogP contribution in [-0.4, -0.2) is 27.7 Å². The number of nitrogens with one attached hydrogen (secondary N) is 1. The van der Waals surface area contributed by atoms with Gasteiger partial charge in [0.2, 0.25) is 0 Å². The van der Waals surface area contributed by atoms with Gasteiger partial charge in [0.05, 0.1) is 22.8 Å². The maximum Gasteiger partial charge on any atom is 0.416 e. The van der Waals surface area contributed by atoms with Crippen LogP contribution in [0.4, 0.5) is 18.9 Å². The van der Waals surface area contributed by atoms with E-state index in [9.17, 15) is 21.6 Å². The summed E-state index contributed by atoms with van der Waals surface area (Å²) >= 11 is 0. The lowest BCUT2D eigenvalue weighted by Gasteiger charge is -2.16. The molecule has 3 rings (SSSR count). The predicted octanol–water partition coefficient (Wildman–Crippen LogP) is 3.28. The number of benzene rings is 2. The van der Waals surface area contributed by atoms with E-state index < -0.39 is 21.8 Å². The van der Waals surface area contributed by atoms with Crippen molar-refractivity contribution in [2.24, 2.45) is 0 Å². The van der Waals surface area contributed by atoms with Gasteiger partial charge in [-0.1, -0.05) is 18.2 Å². The zero-order valence-electron chi connectivity index (χ0n) is 12.8. The highest BCUT2D eigenvalue weighted by Gasteiger charge is 2.32. The van der Waals surface area contributed by atoms with Crippen LogP contribution in [0.15, 0.2) is 53.4 Å². The molecule has 0 amide bonds. The van der Waals surface area contributed by atoms with Crippen molar-refractivity contribution in [3.8, 4) is 5.75 Å². The lowest BCUT2D eigenvalue weighted by molar-refractivity contribution is -0.137. The third-order valence-corrected chi connectivity index (χ3v) is 4.81. The number of ether oxygens (including phenoxy) is 2. The Kier molecular flexibility index (Phi) is 4.61. The van der Waals surface area contributed by atoms with Gasteiger partial charge in [-0.3, -0.25) is 4.72 Å². The number of sulfonamides is 1. The van der Waals surface area contributed by atoms with E-state index >= 15 is 0 Å². The highest BCUT2D eigenvalue weighted by atomic mass is 32.2. The third kappa shape index (κ3) is 4.43. The molecular weight excluding hydrogens is 359 g/mol. The number of epoxide rings is 1. The number of anilines is 1. The van der Waals surface area contributed by atoms with Crippen LogP contribution >= 0.6 is 0 Å². The van der Waals surface area contributed by atoms with Gasteiger partial charge in [-0.15, -0.1) is 0 Å². The van der Waals surface area contributed by atoms with E-state index in [-0.39, 0.29) is 29.0 Å². The van der Waals surface area contributed by atoms with Crippen molar-refractivity contribution in [1.29, 1.82) is 0 Å². The van der Waals surface area contributed by atoms with Crippen LogP contribution in [0.3, 0.4) is 0 Å². The van der Waals surface area contributed by atoms with E-state index in [0.29, 0.717) is 12.7 Å². The van der Waals surface area contributed by atoms with Gasteiger partial charge in [0.25, 0.3) is 10.0 Å². The van der Waals surface area contributed by atoms with Gasteiger partial charge in [0, 0.05) is 0 Å². The first-order valence-corrected chi connectivity index (χ1v) is 8.77. The Labute approximate surface area is 142 Å². The van der Waals surface area contributed by atoms with Gasteiger partial charge in [0.1, 0.15) is 18.5 Å². The van der Waals surface area contributed by atoms with Crippen molar-refractivity contribution in [2.75, 3.05) is 17.9 Å². The molecular formula is C16H14F3NO4S. The molecule has 1 saturated heterocycles. The molecule has 0 radical (unpaired) electrons. The molecule has 2 aromatic carbocycles. The van der Waals surface area contributed by atoms with Crippen LogP contribution in [0.1, 0.15) is 5.56 Å².